The number of aryl methyl sites for hydroxylation is 1. The van der Waals surface area contributed by atoms with Crippen molar-refractivity contribution in [3.05, 3.63) is 68.1 Å². The molecule has 0 saturated carbocycles. The molecule has 2 rings (SSSR count). The Kier molecular flexibility index (Phi) is 10.1. The van der Waals surface area contributed by atoms with Crippen LogP contribution in [0.25, 0.3) is 0 Å². The summed E-state index contributed by atoms with van der Waals surface area (Å²) in [5.74, 6) is -4.64. The van der Waals surface area contributed by atoms with E-state index in [1.165, 1.54) is 36.0 Å². The summed E-state index contributed by atoms with van der Waals surface area (Å²) in [6.07, 6.45) is 1.21. The molecule has 2 amide bonds. The molecule has 0 bridgehead atoms. The molecule has 35 heavy (non-hydrogen) atoms. The molecule has 0 aliphatic heterocycles. The molecule has 8 nitrogen and oxygen atoms in total. The summed E-state index contributed by atoms with van der Waals surface area (Å²) in [6, 6.07) is 2.65. The van der Waals surface area contributed by atoms with Crippen molar-refractivity contribution in [2.75, 3.05) is 6.61 Å². The smallest absolute Gasteiger partial charge is 0.308 e. The summed E-state index contributed by atoms with van der Waals surface area (Å²) < 4.78 is 35.1. The molecule has 0 fully saturated rings. The number of esters is 1. The number of benzene rings is 1. The van der Waals surface area contributed by atoms with Gasteiger partial charge in [-0.25, -0.2) is 8.78 Å². The predicted molar refractivity (Wildman–Crippen MR) is 129 cm³/mol. The lowest BCUT2D eigenvalue weighted by molar-refractivity contribution is -0.143. The fourth-order valence-electron chi connectivity index (χ4n) is 3.44. The molecule has 2 aromatic rings. The van der Waals surface area contributed by atoms with Gasteiger partial charge in [0.2, 0.25) is 5.91 Å². The normalized spacial score (nSPS) is 12.7. The first kappa shape index (κ1) is 28.2. The van der Waals surface area contributed by atoms with Gasteiger partial charge in [-0.2, -0.15) is 0 Å². The van der Waals surface area contributed by atoms with Gasteiger partial charge in [0, 0.05) is 23.3 Å². The van der Waals surface area contributed by atoms with Crippen molar-refractivity contribution in [3.63, 3.8) is 0 Å². The molecule has 2 N–H and O–H groups in total. The van der Waals surface area contributed by atoms with Crippen molar-refractivity contribution < 1.29 is 27.9 Å². The second-order valence-corrected chi connectivity index (χ2v) is 9.27. The Hall–Kier alpha value is -3.08. The molecule has 11 heteroatoms. The van der Waals surface area contributed by atoms with E-state index in [1.54, 1.807) is 6.92 Å². The number of pyridine rings is 1. The van der Waals surface area contributed by atoms with Crippen LogP contribution in [0.2, 0.25) is 0 Å². The summed E-state index contributed by atoms with van der Waals surface area (Å²) in [4.78, 5) is 50.5. The van der Waals surface area contributed by atoms with Crippen molar-refractivity contribution in [3.8, 4) is 0 Å². The van der Waals surface area contributed by atoms with Crippen LogP contribution in [-0.4, -0.2) is 35.0 Å². The van der Waals surface area contributed by atoms with Crippen LogP contribution in [0.3, 0.4) is 0 Å². The number of amides is 2. The maximum atomic E-state index is 14.6. The molecule has 190 valence electrons. The van der Waals surface area contributed by atoms with E-state index in [0.29, 0.717) is 0 Å². The van der Waals surface area contributed by atoms with Crippen molar-refractivity contribution in [1.29, 1.82) is 0 Å². The van der Waals surface area contributed by atoms with Crippen LogP contribution in [0.1, 0.15) is 55.6 Å². The average Bonchev–Trinajstić information content (AvgIpc) is 2.76. The Morgan fingerprint density at radius 2 is 1.86 bits per heavy atom. The number of aromatic nitrogens is 1. The van der Waals surface area contributed by atoms with Gasteiger partial charge in [0.05, 0.1) is 19.1 Å². The van der Waals surface area contributed by atoms with Gasteiger partial charge in [-0.15, -0.1) is 0 Å². The van der Waals surface area contributed by atoms with Crippen molar-refractivity contribution >= 4 is 33.7 Å². The Morgan fingerprint density at radius 3 is 2.49 bits per heavy atom. The van der Waals surface area contributed by atoms with E-state index in [0.717, 1.165) is 6.07 Å². The highest BCUT2D eigenvalue weighted by Gasteiger charge is 2.29. The number of carbonyl (C=O) groups excluding carboxylic acids is 3. The van der Waals surface area contributed by atoms with Gasteiger partial charge >= 0.3 is 5.97 Å². The third-order valence-corrected chi connectivity index (χ3v) is 5.54. The number of carbonyl (C=O) groups is 3. The molecule has 2 atom stereocenters. The van der Waals surface area contributed by atoms with Crippen LogP contribution in [0.15, 0.2) is 39.7 Å². The van der Waals surface area contributed by atoms with E-state index in [9.17, 15) is 28.0 Å². The Labute approximate surface area is 210 Å². The number of rotatable bonds is 10. The highest BCUT2D eigenvalue weighted by atomic mass is 79.9. The van der Waals surface area contributed by atoms with Gasteiger partial charge in [0.25, 0.3) is 11.5 Å². The number of hydrogen-bond donors (Lipinski definition) is 2. The monoisotopic (exact) mass is 555 g/mol. The van der Waals surface area contributed by atoms with Gasteiger partial charge < -0.3 is 19.9 Å². The molecular weight excluding hydrogens is 528 g/mol. The second-order valence-electron chi connectivity index (χ2n) is 8.35. The summed E-state index contributed by atoms with van der Waals surface area (Å²) in [5.41, 5.74) is -0.954. The van der Waals surface area contributed by atoms with E-state index in [1.807, 2.05) is 13.8 Å². The lowest BCUT2D eigenvalue weighted by Crippen LogP contribution is -2.49. The second kappa shape index (κ2) is 12.6. The van der Waals surface area contributed by atoms with Gasteiger partial charge in [0.1, 0.15) is 11.6 Å². The highest BCUT2D eigenvalue weighted by Crippen LogP contribution is 2.27. The highest BCUT2D eigenvalue weighted by molar-refractivity contribution is 9.10. The number of nitrogens with zero attached hydrogens (tertiary/aromatic N) is 1. The van der Waals surface area contributed by atoms with E-state index >= 15 is 0 Å². The number of ether oxygens (including phenoxy) is 1. The number of halogens is 3. The fraction of sp³-hybridized carbons (Fsp3) is 0.417. The van der Waals surface area contributed by atoms with Crippen molar-refractivity contribution in [2.45, 2.75) is 45.7 Å². The van der Waals surface area contributed by atoms with Crippen molar-refractivity contribution in [1.82, 2.24) is 15.2 Å². The molecule has 0 aliphatic carbocycles. The van der Waals surface area contributed by atoms with Gasteiger partial charge in [-0.3, -0.25) is 19.2 Å². The predicted octanol–water partition coefficient (Wildman–Crippen LogP) is 3.38. The molecule has 0 saturated heterocycles. The van der Waals surface area contributed by atoms with Gasteiger partial charge in [-0.1, -0.05) is 29.8 Å². The minimum absolute atomic E-state index is 0.0480. The average molecular weight is 556 g/mol. The van der Waals surface area contributed by atoms with Crippen LogP contribution in [0.5, 0.6) is 0 Å². The molecule has 0 unspecified atom stereocenters. The number of hydrogen-bond acceptors (Lipinski definition) is 5. The minimum atomic E-state index is -1.27. The molecule has 0 radical (unpaired) electrons. The minimum Gasteiger partial charge on any atom is -0.466 e. The summed E-state index contributed by atoms with van der Waals surface area (Å²) in [6.45, 7) is 5.31. The van der Waals surface area contributed by atoms with Crippen LogP contribution >= 0.6 is 15.9 Å². The molecular formula is C24H28BrF2N3O5. The van der Waals surface area contributed by atoms with E-state index in [-0.39, 0.29) is 34.5 Å². The Morgan fingerprint density at radius 1 is 1.17 bits per heavy atom. The lowest BCUT2D eigenvalue weighted by atomic mass is 9.99. The quantitative estimate of drug-likeness (QED) is 0.345. The van der Waals surface area contributed by atoms with Gasteiger partial charge in [-0.05, 0) is 43.5 Å². The summed E-state index contributed by atoms with van der Waals surface area (Å²) >= 11 is 3.09. The fourth-order valence-corrected chi connectivity index (χ4v) is 3.88. The molecule has 1 aromatic heterocycles. The third kappa shape index (κ3) is 7.71. The zero-order valence-corrected chi connectivity index (χ0v) is 21.4. The van der Waals surface area contributed by atoms with Crippen LogP contribution in [0.4, 0.5) is 8.78 Å². The largest absolute Gasteiger partial charge is 0.466 e. The van der Waals surface area contributed by atoms with Crippen LogP contribution < -0.4 is 16.2 Å². The standard InChI is InChI=1S/C24H28BrF2N3O5/c1-5-35-20(31)12-18(16-10-14(25)11-17(26)21(16)27)28-23(33)19(9-13(2)3)29-22(32)15-7-6-8-30(4)24(15)34/h6-8,10-11,13,18-19H,5,9,12H2,1-4H3,(H,28,33)(H,29,32)/t18-,19-/m0/s1. The van der Waals surface area contributed by atoms with E-state index < -0.39 is 53.5 Å². The first-order valence-corrected chi connectivity index (χ1v) is 11.8. The Balaban J connectivity index is 2.37. The molecule has 1 heterocycles. The van der Waals surface area contributed by atoms with Crippen LogP contribution in [-0.2, 0) is 21.4 Å². The molecule has 0 spiro atoms. The number of nitrogens with one attached hydrogen (secondary N) is 2. The zero-order valence-electron chi connectivity index (χ0n) is 19.9. The summed E-state index contributed by atoms with van der Waals surface area (Å²) in [5, 5.41) is 5.09. The van der Waals surface area contributed by atoms with E-state index in [2.05, 4.69) is 26.6 Å². The van der Waals surface area contributed by atoms with E-state index in [4.69, 9.17) is 4.74 Å². The molecule has 1 aromatic carbocycles. The van der Waals surface area contributed by atoms with Crippen LogP contribution in [0, 0.1) is 17.6 Å². The topological polar surface area (TPSA) is 106 Å². The first-order valence-electron chi connectivity index (χ1n) is 11.0. The van der Waals surface area contributed by atoms with Gasteiger partial charge in [0.15, 0.2) is 11.6 Å². The SMILES string of the molecule is CCOC(=O)C[C@H](NC(=O)[C@H](CC(C)C)NC(=O)c1cccn(C)c1=O)c1cc(Br)cc(F)c1F. The van der Waals surface area contributed by atoms with Crippen molar-refractivity contribution in [2.24, 2.45) is 13.0 Å². The first-order chi connectivity index (χ1) is 16.4. The lowest BCUT2D eigenvalue weighted by Gasteiger charge is -2.25. The Bertz CT molecular complexity index is 1150. The molecule has 0 aliphatic rings. The maximum Gasteiger partial charge on any atom is 0.308 e. The zero-order chi connectivity index (χ0) is 26.3. The summed E-state index contributed by atoms with van der Waals surface area (Å²) in [7, 11) is 1.49. The maximum absolute atomic E-state index is 14.6. The third-order valence-electron chi connectivity index (χ3n) is 5.09.